The molecule has 1 aromatic rings. The quantitative estimate of drug-likeness (QED) is 0.867. The average Bonchev–Trinajstić information content (AvgIpc) is 2.90. The van der Waals surface area contributed by atoms with Crippen LogP contribution in [0, 0.1) is 12.8 Å². The number of alkyl halides is 3. The number of halogens is 3. The normalized spacial score (nSPS) is 19.5. The molecular formula is C14H19F3N2O2S. The Labute approximate surface area is 128 Å². The molecule has 0 radical (unpaired) electrons. The Hall–Kier alpha value is -1.12. The van der Waals surface area contributed by atoms with E-state index < -0.39 is 21.8 Å². The molecular weight excluding hydrogens is 317 g/mol. The molecule has 1 aliphatic heterocycles. The second kappa shape index (κ2) is 6.55. The van der Waals surface area contributed by atoms with E-state index in [0.717, 1.165) is 19.5 Å². The monoisotopic (exact) mass is 336 g/mol. The van der Waals surface area contributed by atoms with Gasteiger partial charge in [0.15, 0.2) is 0 Å². The molecule has 4 nitrogen and oxygen atoms in total. The van der Waals surface area contributed by atoms with Gasteiger partial charge in [-0.2, -0.15) is 13.2 Å². The molecule has 0 amide bonds. The summed E-state index contributed by atoms with van der Waals surface area (Å²) in [6.07, 6.45) is -2.90. The molecule has 8 heteroatoms. The fourth-order valence-corrected chi connectivity index (χ4v) is 3.59. The van der Waals surface area contributed by atoms with Gasteiger partial charge in [-0.15, -0.1) is 0 Å². The van der Waals surface area contributed by atoms with Gasteiger partial charge in [-0.05, 0) is 56.5 Å². The number of rotatable bonds is 5. The van der Waals surface area contributed by atoms with Crippen LogP contribution in [0.5, 0.6) is 0 Å². The van der Waals surface area contributed by atoms with E-state index in [1.54, 1.807) is 0 Å². The van der Waals surface area contributed by atoms with Gasteiger partial charge in [-0.25, -0.2) is 13.1 Å². The van der Waals surface area contributed by atoms with Crippen molar-refractivity contribution in [2.45, 2.75) is 30.8 Å². The van der Waals surface area contributed by atoms with Crippen LogP contribution < -0.4 is 10.0 Å². The maximum Gasteiger partial charge on any atom is 0.416 e. The van der Waals surface area contributed by atoms with Crippen molar-refractivity contribution in [3.63, 3.8) is 0 Å². The topological polar surface area (TPSA) is 58.2 Å². The van der Waals surface area contributed by atoms with Crippen molar-refractivity contribution in [1.29, 1.82) is 0 Å². The van der Waals surface area contributed by atoms with Crippen LogP contribution in [0.15, 0.2) is 23.1 Å². The van der Waals surface area contributed by atoms with Crippen molar-refractivity contribution in [2.24, 2.45) is 5.92 Å². The highest BCUT2D eigenvalue weighted by Crippen LogP contribution is 2.33. The maximum atomic E-state index is 12.9. The van der Waals surface area contributed by atoms with Crippen molar-refractivity contribution < 1.29 is 21.6 Å². The van der Waals surface area contributed by atoms with E-state index in [4.69, 9.17) is 0 Å². The number of nitrogens with one attached hydrogen (secondary N) is 2. The lowest BCUT2D eigenvalue weighted by atomic mass is 10.1. The molecule has 0 aliphatic carbocycles. The highest BCUT2D eigenvalue weighted by molar-refractivity contribution is 7.89. The Morgan fingerprint density at radius 1 is 1.36 bits per heavy atom. The highest BCUT2D eigenvalue weighted by Gasteiger charge is 2.33. The van der Waals surface area contributed by atoms with Crippen molar-refractivity contribution in [2.75, 3.05) is 19.6 Å². The minimum absolute atomic E-state index is 0.00322. The molecule has 2 rings (SSSR count). The third kappa shape index (κ3) is 4.21. The van der Waals surface area contributed by atoms with Crippen LogP contribution in [-0.4, -0.2) is 28.1 Å². The Balaban J connectivity index is 2.08. The van der Waals surface area contributed by atoms with Crippen LogP contribution in [-0.2, 0) is 16.2 Å². The molecule has 1 saturated heterocycles. The van der Waals surface area contributed by atoms with E-state index in [1.165, 1.54) is 19.1 Å². The molecule has 0 spiro atoms. The Morgan fingerprint density at radius 3 is 2.68 bits per heavy atom. The summed E-state index contributed by atoms with van der Waals surface area (Å²) in [5.41, 5.74) is -0.918. The largest absolute Gasteiger partial charge is 0.416 e. The van der Waals surface area contributed by atoms with Gasteiger partial charge < -0.3 is 5.32 Å². The van der Waals surface area contributed by atoms with Crippen molar-refractivity contribution in [3.05, 3.63) is 29.3 Å². The third-order valence-electron chi connectivity index (χ3n) is 3.83. The van der Waals surface area contributed by atoms with E-state index in [-0.39, 0.29) is 17.0 Å². The molecule has 1 unspecified atom stereocenters. The van der Waals surface area contributed by atoms with Gasteiger partial charge in [0.1, 0.15) is 0 Å². The van der Waals surface area contributed by atoms with E-state index in [1.807, 2.05) is 0 Å². The van der Waals surface area contributed by atoms with E-state index >= 15 is 0 Å². The van der Waals surface area contributed by atoms with Crippen LogP contribution in [0.3, 0.4) is 0 Å². The van der Waals surface area contributed by atoms with Gasteiger partial charge >= 0.3 is 6.18 Å². The van der Waals surface area contributed by atoms with Crippen molar-refractivity contribution >= 4 is 10.0 Å². The third-order valence-corrected chi connectivity index (χ3v) is 5.29. The van der Waals surface area contributed by atoms with Gasteiger partial charge in [-0.1, -0.05) is 6.07 Å². The summed E-state index contributed by atoms with van der Waals surface area (Å²) in [6, 6.07) is 3.07. The van der Waals surface area contributed by atoms with Crippen LogP contribution in [0.25, 0.3) is 0 Å². The first-order valence-corrected chi connectivity index (χ1v) is 8.57. The summed E-state index contributed by atoms with van der Waals surface area (Å²) in [6.45, 7) is 3.30. The Kier molecular flexibility index (Phi) is 5.14. The number of hydrogen-bond donors (Lipinski definition) is 2. The second-order valence-corrected chi connectivity index (χ2v) is 7.29. The summed E-state index contributed by atoms with van der Waals surface area (Å²) < 4.78 is 65.1. The predicted octanol–water partition coefficient (Wildman–Crippen LogP) is 2.29. The fourth-order valence-electron chi connectivity index (χ4n) is 2.52. The van der Waals surface area contributed by atoms with E-state index in [9.17, 15) is 21.6 Å². The molecule has 2 N–H and O–H groups in total. The minimum atomic E-state index is -4.56. The smallest absolute Gasteiger partial charge is 0.316 e. The van der Waals surface area contributed by atoms with E-state index in [2.05, 4.69) is 10.0 Å². The van der Waals surface area contributed by atoms with Crippen LogP contribution in [0.1, 0.15) is 24.0 Å². The molecule has 0 bridgehead atoms. The first-order chi connectivity index (χ1) is 10.2. The lowest BCUT2D eigenvalue weighted by Crippen LogP contribution is -2.27. The van der Waals surface area contributed by atoms with Gasteiger partial charge in [0, 0.05) is 6.54 Å². The lowest BCUT2D eigenvalue weighted by Gasteiger charge is -2.13. The number of aryl methyl sites for hydroxylation is 1. The number of sulfonamides is 1. The van der Waals surface area contributed by atoms with Crippen molar-refractivity contribution in [1.82, 2.24) is 10.0 Å². The van der Waals surface area contributed by atoms with Gasteiger partial charge in [-0.3, -0.25) is 0 Å². The Morgan fingerprint density at radius 2 is 2.09 bits per heavy atom. The second-order valence-electron chi connectivity index (χ2n) is 5.52. The molecule has 124 valence electrons. The molecule has 1 atom stereocenters. The molecule has 1 heterocycles. The summed E-state index contributed by atoms with van der Waals surface area (Å²) >= 11 is 0. The summed E-state index contributed by atoms with van der Waals surface area (Å²) in [5.74, 6) is 0.409. The molecule has 22 heavy (non-hydrogen) atoms. The molecule has 0 saturated carbocycles. The van der Waals surface area contributed by atoms with E-state index in [0.29, 0.717) is 18.4 Å². The lowest BCUT2D eigenvalue weighted by molar-refractivity contribution is -0.138. The highest BCUT2D eigenvalue weighted by atomic mass is 32.2. The zero-order valence-electron chi connectivity index (χ0n) is 12.2. The van der Waals surface area contributed by atoms with Gasteiger partial charge in [0.25, 0.3) is 0 Å². The minimum Gasteiger partial charge on any atom is -0.316 e. The summed E-state index contributed by atoms with van der Waals surface area (Å²) in [7, 11) is -3.92. The molecule has 1 aliphatic rings. The summed E-state index contributed by atoms with van der Waals surface area (Å²) in [4.78, 5) is -0.352. The number of hydrogen-bond acceptors (Lipinski definition) is 3. The SMILES string of the molecule is Cc1ccc(S(=O)(=O)NCCC2CCNC2)cc1C(F)(F)F. The predicted molar refractivity (Wildman–Crippen MR) is 77.0 cm³/mol. The van der Waals surface area contributed by atoms with Crippen LogP contribution >= 0.6 is 0 Å². The Bertz CT molecular complexity index is 623. The van der Waals surface area contributed by atoms with Crippen molar-refractivity contribution in [3.8, 4) is 0 Å². The molecule has 0 aromatic heterocycles. The fraction of sp³-hybridized carbons (Fsp3) is 0.571. The first-order valence-electron chi connectivity index (χ1n) is 7.08. The molecule has 1 aromatic carbocycles. The van der Waals surface area contributed by atoms with Gasteiger partial charge in [0.2, 0.25) is 10.0 Å². The summed E-state index contributed by atoms with van der Waals surface area (Å²) in [5, 5.41) is 3.18. The zero-order valence-corrected chi connectivity index (χ0v) is 13.0. The zero-order chi connectivity index (χ0) is 16.4. The van der Waals surface area contributed by atoms with Crippen LogP contribution in [0.2, 0.25) is 0 Å². The number of benzene rings is 1. The maximum absolute atomic E-state index is 12.9. The van der Waals surface area contributed by atoms with Gasteiger partial charge in [0.05, 0.1) is 10.5 Å². The van der Waals surface area contributed by atoms with Crippen LogP contribution in [0.4, 0.5) is 13.2 Å². The first kappa shape index (κ1) is 17.2. The molecule has 1 fully saturated rings. The standard InChI is InChI=1S/C14H19F3N2O2S/c1-10-2-3-12(8-13(10)14(15,16)17)22(20,21)19-7-5-11-4-6-18-9-11/h2-3,8,11,18-19H,4-7,9H2,1H3. The average molecular weight is 336 g/mol.